The summed E-state index contributed by atoms with van der Waals surface area (Å²) >= 11 is 4.69. The molecular weight excluding hydrogens is 158 g/mol. The maximum atomic E-state index is 10.0. The van der Waals surface area contributed by atoms with Crippen LogP contribution in [0.3, 0.4) is 0 Å². The minimum Gasteiger partial charge on any atom is -0.459 e. The summed E-state index contributed by atoms with van der Waals surface area (Å²) < 4.78 is 4.18. The molecule has 0 spiro atoms. The van der Waals surface area contributed by atoms with E-state index in [4.69, 9.17) is 11.6 Å². The van der Waals surface area contributed by atoms with E-state index in [0.717, 1.165) is 0 Å². The molecule has 0 aliphatic rings. The SMILES string of the molecule is CCOC(=O)C(=O)Cl.CN. The highest BCUT2D eigenvalue weighted by atomic mass is 35.5. The molecule has 60 valence electrons. The van der Waals surface area contributed by atoms with E-state index in [2.05, 4.69) is 10.5 Å². The fraction of sp³-hybridized carbons (Fsp3) is 0.600. The second-order valence-corrected chi connectivity index (χ2v) is 1.34. The molecule has 0 radical (unpaired) electrons. The Hall–Kier alpha value is -0.610. The minimum absolute atomic E-state index is 0.178. The molecule has 0 fully saturated rings. The number of nitrogens with two attached hydrogens (primary N) is 1. The maximum Gasteiger partial charge on any atom is 0.391 e. The smallest absolute Gasteiger partial charge is 0.391 e. The molecule has 0 aromatic rings. The van der Waals surface area contributed by atoms with Crippen molar-refractivity contribution >= 4 is 22.8 Å². The van der Waals surface area contributed by atoms with Crippen LogP contribution >= 0.6 is 11.6 Å². The Morgan fingerprint density at radius 3 is 2.00 bits per heavy atom. The van der Waals surface area contributed by atoms with Gasteiger partial charge in [-0.2, -0.15) is 0 Å². The summed E-state index contributed by atoms with van der Waals surface area (Å²) in [6.45, 7) is 1.77. The van der Waals surface area contributed by atoms with E-state index >= 15 is 0 Å². The molecule has 0 heterocycles. The van der Waals surface area contributed by atoms with Crippen molar-refractivity contribution in [1.82, 2.24) is 0 Å². The first-order chi connectivity index (χ1) is 4.68. The second-order valence-electron chi connectivity index (χ2n) is 0.994. The number of halogens is 1. The maximum absolute atomic E-state index is 10.0. The molecule has 0 amide bonds. The third-order valence-corrected chi connectivity index (χ3v) is 0.590. The molecular formula is C5H10ClNO3. The lowest BCUT2D eigenvalue weighted by Crippen LogP contribution is -2.10. The van der Waals surface area contributed by atoms with Crippen LogP contribution in [-0.4, -0.2) is 24.9 Å². The van der Waals surface area contributed by atoms with E-state index in [1.54, 1.807) is 6.92 Å². The molecule has 0 aliphatic carbocycles. The minimum atomic E-state index is -1.08. The molecule has 0 aromatic carbocycles. The standard InChI is InChI=1S/C4H5ClO3.CH5N/c1-2-8-4(7)3(5)6;1-2/h2H2,1H3;2H2,1H3. The Morgan fingerprint density at radius 1 is 1.50 bits per heavy atom. The summed E-state index contributed by atoms with van der Waals surface area (Å²) in [6.07, 6.45) is 0. The number of hydrogen-bond acceptors (Lipinski definition) is 4. The van der Waals surface area contributed by atoms with Gasteiger partial charge in [0.05, 0.1) is 6.61 Å². The van der Waals surface area contributed by atoms with Crippen molar-refractivity contribution in [2.75, 3.05) is 13.7 Å². The van der Waals surface area contributed by atoms with Crippen LogP contribution in [-0.2, 0) is 14.3 Å². The van der Waals surface area contributed by atoms with Gasteiger partial charge in [0.25, 0.3) is 0 Å². The zero-order valence-electron chi connectivity index (χ0n) is 5.89. The van der Waals surface area contributed by atoms with E-state index in [1.807, 2.05) is 0 Å². The highest BCUT2D eigenvalue weighted by Crippen LogP contribution is 1.83. The fourth-order valence-corrected chi connectivity index (χ4v) is 0.242. The van der Waals surface area contributed by atoms with Gasteiger partial charge in [-0.05, 0) is 25.6 Å². The molecule has 0 saturated heterocycles. The van der Waals surface area contributed by atoms with Crippen LogP contribution in [0, 0.1) is 0 Å². The van der Waals surface area contributed by atoms with Crippen LogP contribution in [0.1, 0.15) is 6.92 Å². The van der Waals surface area contributed by atoms with Crippen LogP contribution in [0.5, 0.6) is 0 Å². The molecule has 0 aliphatic heterocycles. The number of esters is 1. The fourth-order valence-electron chi connectivity index (χ4n) is 0.188. The average Bonchev–Trinajstić information content (AvgIpc) is 1.93. The average molecular weight is 168 g/mol. The first kappa shape index (κ1) is 12.1. The van der Waals surface area contributed by atoms with Gasteiger partial charge in [0, 0.05) is 0 Å². The Morgan fingerprint density at radius 2 is 1.90 bits per heavy atom. The van der Waals surface area contributed by atoms with Crippen LogP contribution < -0.4 is 5.73 Å². The molecule has 0 bridgehead atoms. The van der Waals surface area contributed by atoms with Gasteiger partial charge >= 0.3 is 11.2 Å². The van der Waals surface area contributed by atoms with Gasteiger partial charge in [0.1, 0.15) is 0 Å². The van der Waals surface area contributed by atoms with E-state index in [0.29, 0.717) is 0 Å². The summed E-state index contributed by atoms with van der Waals surface area (Å²) in [4.78, 5) is 19.9. The quantitative estimate of drug-likeness (QED) is 0.354. The van der Waals surface area contributed by atoms with Gasteiger partial charge in [-0.15, -0.1) is 0 Å². The van der Waals surface area contributed by atoms with Crippen molar-refractivity contribution in [3.63, 3.8) is 0 Å². The molecule has 0 unspecified atom stereocenters. The largest absolute Gasteiger partial charge is 0.459 e. The van der Waals surface area contributed by atoms with Crippen LogP contribution in [0.2, 0.25) is 0 Å². The summed E-state index contributed by atoms with van der Waals surface area (Å²) in [5.41, 5.74) is 4.50. The number of hydrogen-bond donors (Lipinski definition) is 1. The van der Waals surface area contributed by atoms with Crippen LogP contribution in [0.15, 0.2) is 0 Å². The number of ether oxygens (including phenoxy) is 1. The molecule has 0 aromatic heterocycles. The molecule has 0 saturated carbocycles. The lowest BCUT2D eigenvalue weighted by atomic mass is 10.7. The summed E-state index contributed by atoms with van der Waals surface area (Å²) in [5.74, 6) is -0.992. The summed E-state index contributed by atoms with van der Waals surface area (Å²) in [7, 11) is 1.50. The van der Waals surface area contributed by atoms with Gasteiger partial charge in [0.15, 0.2) is 0 Å². The third kappa shape index (κ3) is 7.39. The predicted octanol–water partition coefficient (Wildman–Crippen LogP) is -0.110. The Bertz CT molecular complexity index is 115. The zero-order chi connectivity index (χ0) is 8.57. The van der Waals surface area contributed by atoms with E-state index < -0.39 is 11.2 Å². The van der Waals surface area contributed by atoms with Gasteiger partial charge in [0.2, 0.25) is 0 Å². The zero-order valence-corrected chi connectivity index (χ0v) is 6.64. The first-order valence-corrected chi connectivity index (χ1v) is 3.00. The van der Waals surface area contributed by atoms with E-state index in [9.17, 15) is 9.59 Å². The third-order valence-electron chi connectivity index (χ3n) is 0.436. The predicted molar refractivity (Wildman–Crippen MR) is 37.6 cm³/mol. The number of carbonyl (C=O) groups excluding carboxylic acids is 2. The lowest BCUT2D eigenvalue weighted by molar-refractivity contribution is -0.149. The van der Waals surface area contributed by atoms with E-state index in [-0.39, 0.29) is 6.61 Å². The second kappa shape index (κ2) is 8.39. The highest BCUT2D eigenvalue weighted by Gasteiger charge is 2.08. The van der Waals surface area contributed by atoms with Crippen molar-refractivity contribution in [2.24, 2.45) is 5.73 Å². The molecule has 10 heavy (non-hydrogen) atoms. The van der Waals surface area contributed by atoms with Gasteiger partial charge in [-0.3, -0.25) is 4.79 Å². The van der Waals surface area contributed by atoms with E-state index in [1.165, 1.54) is 7.05 Å². The van der Waals surface area contributed by atoms with Gasteiger partial charge in [-0.1, -0.05) is 0 Å². The van der Waals surface area contributed by atoms with Crippen LogP contribution in [0.25, 0.3) is 0 Å². The first-order valence-electron chi connectivity index (χ1n) is 2.62. The highest BCUT2D eigenvalue weighted by molar-refractivity contribution is 6.80. The number of carbonyl (C=O) groups is 2. The Kier molecular flexibility index (Phi) is 10.2. The normalized spacial score (nSPS) is 7.20. The van der Waals surface area contributed by atoms with Crippen molar-refractivity contribution in [3.8, 4) is 0 Å². The Balaban J connectivity index is 0. The summed E-state index contributed by atoms with van der Waals surface area (Å²) in [5, 5.41) is -1.08. The molecule has 0 rings (SSSR count). The van der Waals surface area contributed by atoms with Crippen molar-refractivity contribution in [1.29, 1.82) is 0 Å². The lowest BCUT2D eigenvalue weighted by Gasteiger charge is -1.91. The van der Waals surface area contributed by atoms with Crippen molar-refractivity contribution < 1.29 is 14.3 Å². The van der Waals surface area contributed by atoms with Gasteiger partial charge in [-0.25, -0.2) is 4.79 Å². The number of rotatable bonds is 2. The van der Waals surface area contributed by atoms with Gasteiger partial charge < -0.3 is 10.5 Å². The topological polar surface area (TPSA) is 69.4 Å². The molecule has 5 heteroatoms. The van der Waals surface area contributed by atoms with Crippen molar-refractivity contribution in [3.05, 3.63) is 0 Å². The molecule has 0 atom stereocenters. The molecule has 4 nitrogen and oxygen atoms in total. The van der Waals surface area contributed by atoms with Crippen LogP contribution in [0.4, 0.5) is 0 Å². The molecule has 2 N–H and O–H groups in total. The monoisotopic (exact) mass is 167 g/mol. The summed E-state index contributed by atoms with van der Waals surface area (Å²) in [6, 6.07) is 0. The van der Waals surface area contributed by atoms with Crippen molar-refractivity contribution in [2.45, 2.75) is 6.92 Å². The Labute approximate surface area is 64.3 Å².